The lowest BCUT2D eigenvalue weighted by molar-refractivity contribution is 0.622. The highest BCUT2D eigenvalue weighted by molar-refractivity contribution is 6.30. The summed E-state index contributed by atoms with van der Waals surface area (Å²) < 4.78 is 0. The molecule has 1 unspecified atom stereocenters. The van der Waals surface area contributed by atoms with Crippen molar-refractivity contribution in [2.24, 2.45) is 0 Å². The Balaban J connectivity index is 2.02. The number of halogens is 1. The Morgan fingerprint density at radius 1 is 1.06 bits per heavy atom. The topological polar surface area (TPSA) is 12.0 Å². The van der Waals surface area contributed by atoms with Crippen LogP contribution in [-0.2, 0) is 6.54 Å². The zero-order chi connectivity index (χ0) is 12.8. The SMILES string of the molecule is C=CC(NCc1ccccc1)c1ccc(Cl)cc1. The van der Waals surface area contributed by atoms with Crippen LogP contribution in [0, 0.1) is 0 Å². The van der Waals surface area contributed by atoms with Gasteiger partial charge in [0.15, 0.2) is 0 Å². The predicted octanol–water partition coefficient (Wildman–Crippen LogP) is 4.36. The second-order valence-corrected chi connectivity index (χ2v) is 4.57. The van der Waals surface area contributed by atoms with E-state index in [4.69, 9.17) is 11.6 Å². The first kappa shape index (κ1) is 12.9. The molecule has 1 nitrogen and oxygen atoms in total. The van der Waals surface area contributed by atoms with Gasteiger partial charge in [-0.15, -0.1) is 6.58 Å². The minimum atomic E-state index is 0.141. The van der Waals surface area contributed by atoms with Crippen LogP contribution < -0.4 is 5.32 Å². The van der Waals surface area contributed by atoms with Gasteiger partial charge in [0.2, 0.25) is 0 Å². The molecule has 0 spiro atoms. The lowest BCUT2D eigenvalue weighted by atomic mass is 10.1. The predicted molar refractivity (Wildman–Crippen MR) is 77.7 cm³/mol. The van der Waals surface area contributed by atoms with Crippen molar-refractivity contribution in [1.29, 1.82) is 0 Å². The monoisotopic (exact) mass is 257 g/mol. The number of hydrogen-bond acceptors (Lipinski definition) is 1. The molecule has 2 aromatic carbocycles. The summed E-state index contributed by atoms with van der Waals surface area (Å²) in [7, 11) is 0. The molecule has 2 aromatic rings. The van der Waals surface area contributed by atoms with E-state index in [1.54, 1.807) is 0 Å². The molecule has 0 aliphatic heterocycles. The van der Waals surface area contributed by atoms with Crippen molar-refractivity contribution in [2.45, 2.75) is 12.6 Å². The minimum absolute atomic E-state index is 0.141. The fourth-order valence-corrected chi connectivity index (χ4v) is 1.96. The Bertz CT molecular complexity index is 490. The van der Waals surface area contributed by atoms with Gasteiger partial charge in [-0.2, -0.15) is 0 Å². The average molecular weight is 258 g/mol. The summed E-state index contributed by atoms with van der Waals surface area (Å²) in [5.41, 5.74) is 2.43. The Kier molecular flexibility index (Phi) is 4.57. The van der Waals surface area contributed by atoms with Crippen LogP contribution in [0.5, 0.6) is 0 Å². The molecule has 0 fully saturated rings. The standard InChI is InChI=1S/C16H16ClN/c1-2-16(14-8-10-15(17)11-9-14)18-12-13-6-4-3-5-7-13/h2-11,16,18H,1,12H2. The Hall–Kier alpha value is -1.57. The largest absolute Gasteiger partial charge is 0.303 e. The van der Waals surface area contributed by atoms with Crippen LogP contribution in [0.4, 0.5) is 0 Å². The van der Waals surface area contributed by atoms with Crippen molar-refractivity contribution in [3.05, 3.63) is 83.4 Å². The summed E-state index contributed by atoms with van der Waals surface area (Å²) in [6, 6.07) is 18.3. The van der Waals surface area contributed by atoms with E-state index in [-0.39, 0.29) is 6.04 Å². The minimum Gasteiger partial charge on any atom is -0.303 e. The third-order valence-electron chi connectivity index (χ3n) is 2.83. The molecule has 0 heterocycles. The second-order valence-electron chi connectivity index (χ2n) is 4.13. The number of benzene rings is 2. The highest BCUT2D eigenvalue weighted by atomic mass is 35.5. The smallest absolute Gasteiger partial charge is 0.0506 e. The van der Waals surface area contributed by atoms with Crippen LogP contribution in [0.3, 0.4) is 0 Å². The Morgan fingerprint density at radius 3 is 2.33 bits per heavy atom. The summed E-state index contributed by atoms with van der Waals surface area (Å²) in [4.78, 5) is 0. The zero-order valence-corrected chi connectivity index (χ0v) is 10.9. The van der Waals surface area contributed by atoms with Gasteiger partial charge < -0.3 is 5.32 Å². The molecule has 0 aliphatic rings. The lowest BCUT2D eigenvalue weighted by Gasteiger charge is -2.15. The maximum absolute atomic E-state index is 5.89. The van der Waals surface area contributed by atoms with Crippen LogP contribution in [0.25, 0.3) is 0 Å². The molecule has 0 saturated carbocycles. The van der Waals surface area contributed by atoms with Crippen molar-refractivity contribution in [1.82, 2.24) is 5.32 Å². The third-order valence-corrected chi connectivity index (χ3v) is 3.09. The summed E-state index contributed by atoms with van der Waals surface area (Å²) in [6.45, 7) is 4.70. The molecular weight excluding hydrogens is 242 g/mol. The first-order valence-corrected chi connectivity index (χ1v) is 6.33. The molecule has 0 aliphatic carbocycles. The highest BCUT2D eigenvalue weighted by Crippen LogP contribution is 2.17. The van der Waals surface area contributed by atoms with E-state index in [0.717, 1.165) is 11.6 Å². The molecule has 0 saturated heterocycles. The molecule has 0 radical (unpaired) electrons. The van der Waals surface area contributed by atoms with Crippen LogP contribution >= 0.6 is 11.6 Å². The fourth-order valence-electron chi connectivity index (χ4n) is 1.83. The molecule has 0 aromatic heterocycles. The fraction of sp³-hybridized carbons (Fsp3) is 0.125. The molecule has 1 atom stereocenters. The normalized spacial score (nSPS) is 12.1. The first-order chi connectivity index (χ1) is 8.79. The molecule has 18 heavy (non-hydrogen) atoms. The Labute approximate surface area is 113 Å². The van der Waals surface area contributed by atoms with E-state index in [9.17, 15) is 0 Å². The highest BCUT2D eigenvalue weighted by Gasteiger charge is 2.06. The molecule has 92 valence electrons. The molecule has 2 heteroatoms. The second kappa shape index (κ2) is 6.39. The van der Waals surface area contributed by atoms with Gasteiger partial charge in [0, 0.05) is 11.6 Å². The number of rotatable bonds is 5. The van der Waals surface area contributed by atoms with Crippen molar-refractivity contribution in [2.75, 3.05) is 0 Å². The molecule has 0 amide bonds. The summed E-state index contributed by atoms with van der Waals surface area (Å²) in [5, 5.41) is 4.21. The third kappa shape index (κ3) is 3.46. The lowest BCUT2D eigenvalue weighted by Crippen LogP contribution is -2.18. The van der Waals surface area contributed by atoms with E-state index in [0.29, 0.717) is 0 Å². The quantitative estimate of drug-likeness (QED) is 0.785. The molecule has 0 bridgehead atoms. The van der Waals surface area contributed by atoms with Gasteiger partial charge in [0.1, 0.15) is 0 Å². The maximum Gasteiger partial charge on any atom is 0.0506 e. The van der Waals surface area contributed by atoms with E-state index < -0.39 is 0 Å². The van der Waals surface area contributed by atoms with Crippen molar-refractivity contribution >= 4 is 11.6 Å². The maximum atomic E-state index is 5.89. The summed E-state index contributed by atoms with van der Waals surface area (Å²) >= 11 is 5.89. The van der Waals surface area contributed by atoms with E-state index >= 15 is 0 Å². The van der Waals surface area contributed by atoms with Gasteiger partial charge in [0.25, 0.3) is 0 Å². The molecular formula is C16H16ClN. The van der Waals surface area contributed by atoms with E-state index in [2.05, 4.69) is 24.0 Å². The number of hydrogen-bond donors (Lipinski definition) is 1. The van der Waals surface area contributed by atoms with Gasteiger partial charge in [-0.3, -0.25) is 0 Å². The van der Waals surface area contributed by atoms with Crippen LogP contribution in [-0.4, -0.2) is 0 Å². The number of nitrogens with one attached hydrogen (secondary N) is 1. The van der Waals surface area contributed by atoms with Crippen LogP contribution in [0.2, 0.25) is 5.02 Å². The van der Waals surface area contributed by atoms with Gasteiger partial charge >= 0.3 is 0 Å². The van der Waals surface area contributed by atoms with Crippen LogP contribution in [0.15, 0.2) is 67.3 Å². The molecule has 1 N–H and O–H groups in total. The van der Waals surface area contributed by atoms with Gasteiger partial charge in [-0.25, -0.2) is 0 Å². The zero-order valence-electron chi connectivity index (χ0n) is 10.1. The van der Waals surface area contributed by atoms with Crippen molar-refractivity contribution in [3.63, 3.8) is 0 Å². The summed E-state index contributed by atoms with van der Waals surface area (Å²) in [5.74, 6) is 0. The average Bonchev–Trinajstić information content (AvgIpc) is 2.42. The van der Waals surface area contributed by atoms with Gasteiger partial charge in [-0.05, 0) is 23.3 Å². The Morgan fingerprint density at radius 2 is 1.72 bits per heavy atom. The van der Waals surface area contributed by atoms with Crippen LogP contribution in [0.1, 0.15) is 17.2 Å². The van der Waals surface area contributed by atoms with E-state index in [1.807, 2.05) is 48.5 Å². The van der Waals surface area contributed by atoms with Crippen molar-refractivity contribution < 1.29 is 0 Å². The van der Waals surface area contributed by atoms with Gasteiger partial charge in [0.05, 0.1) is 6.04 Å². The van der Waals surface area contributed by atoms with Gasteiger partial charge in [-0.1, -0.05) is 60.1 Å². The molecule has 2 rings (SSSR count). The van der Waals surface area contributed by atoms with E-state index in [1.165, 1.54) is 11.1 Å². The first-order valence-electron chi connectivity index (χ1n) is 5.95. The summed E-state index contributed by atoms with van der Waals surface area (Å²) in [6.07, 6.45) is 1.91. The van der Waals surface area contributed by atoms with Crippen molar-refractivity contribution in [3.8, 4) is 0 Å².